The summed E-state index contributed by atoms with van der Waals surface area (Å²) in [5, 5.41) is 13.7. The van der Waals surface area contributed by atoms with Crippen molar-refractivity contribution < 1.29 is 9.90 Å². The second-order valence-corrected chi connectivity index (χ2v) is 6.40. The Bertz CT molecular complexity index is 488. The largest absolute Gasteiger partial charge is 0.391 e. The van der Waals surface area contributed by atoms with Crippen molar-refractivity contribution in [1.29, 1.82) is 0 Å². The zero-order valence-electron chi connectivity index (χ0n) is 11.4. The molecular weight excluding hydrogens is 274 g/mol. The highest BCUT2D eigenvalue weighted by Crippen LogP contribution is 2.47. The number of carbonyl (C=O) groups is 1. The van der Waals surface area contributed by atoms with Gasteiger partial charge >= 0.3 is 0 Å². The van der Waals surface area contributed by atoms with Crippen molar-refractivity contribution >= 4 is 17.5 Å². The Hall–Kier alpha value is -1.06. The first kappa shape index (κ1) is 13.9. The van der Waals surface area contributed by atoms with Crippen molar-refractivity contribution in [3.8, 4) is 0 Å². The molecule has 2 aliphatic carbocycles. The van der Waals surface area contributed by atoms with Crippen LogP contribution in [0.5, 0.6) is 0 Å². The van der Waals surface area contributed by atoms with Crippen LogP contribution in [0, 0.1) is 5.92 Å². The molecule has 2 saturated carbocycles. The quantitative estimate of drug-likeness (QED) is 0.900. The summed E-state index contributed by atoms with van der Waals surface area (Å²) in [4.78, 5) is 12.2. The van der Waals surface area contributed by atoms with E-state index in [2.05, 4.69) is 5.32 Å². The molecule has 0 heterocycles. The predicted octanol–water partition coefficient (Wildman–Crippen LogP) is 2.86. The van der Waals surface area contributed by atoms with Crippen LogP contribution in [0.25, 0.3) is 0 Å². The summed E-state index contributed by atoms with van der Waals surface area (Å²) in [6.07, 6.45) is 4.37. The van der Waals surface area contributed by atoms with Crippen molar-refractivity contribution in [2.45, 2.75) is 50.2 Å². The first-order chi connectivity index (χ1) is 9.65. The number of halogens is 1. The molecule has 2 fully saturated rings. The van der Waals surface area contributed by atoms with Crippen LogP contribution >= 0.6 is 11.6 Å². The molecule has 0 bridgehead atoms. The van der Waals surface area contributed by atoms with E-state index in [-0.39, 0.29) is 24.0 Å². The lowest BCUT2D eigenvalue weighted by atomic mass is 9.92. The molecule has 0 spiro atoms. The number of rotatable bonds is 3. The summed E-state index contributed by atoms with van der Waals surface area (Å²) in [5.41, 5.74) is 1.18. The molecule has 2 N–H and O–H groups in total. The molecule has 20 heavy (non-hydrogen) atoms. The number of nitrogens with one attached hydrogen (secondary N) is 1. The fourth-order valence-electron chi connectivity index (χ4n) is 3.13. The highest BCUT2D eigenvalue weighted by Gasteiger charge is 2.44. The van der Waals surface area contributed by atoms with Crippen LogP contribution < -0.4 is 5.32 Å². The van der Waals surface area contributed by atoms with Crippen LogP contribution in [0.1, 0.15) is 43.6 Å². The average molecular weight is 294 g/mol. The summed E-state index contributed by atoms with van der Waals surface area (Å²) >= 11 is 5.87. The SMILES string of the molecule is O=C(NC1CCCCC1O)C1CC1c1ccc(Cl)cc1. The van der Waals surface area contributed by atoms with Crippen molar-refractivity contribution in [3.63, 3.8) is 0 Å². The van der Waals surface area contributed by atoms with E-state index >= 15 is 0 Å². The van der Waals surface area contributed by atoms with Crippen LogP contribution in [-0.2, 0) is 4.79 Å². The summed E-state index contributed by atoms with van der Waals surface area (Å²) in [6.45, 7) is 0. The van der Waals surface area contributed by atoms with Gasteiger partial charge in [0.2, 0.25) is 5.91 Å². The average Bonchev–Trinajstić information content (AvgIpc) is 3.23. The van der Waals surface area contributed by atoms with E-state index in [1.165, 1.54) is 5.56 Å². The second-order valence-electron chi connectivity index (χ2n) is 5.97. The molecule has 3 nitrogen and oxygen atoms in total. The third-order valence-electron chi connectivity index (χ3n) is 4.48. The van der Waals surface area contributed by atoms with E-state index in [9.17, 15) is 9.90 Å². The lowest BCUT2D eigenvalue weighted by Crippen LogP contribution is -2.45. The molecule has 1 aromatic rings. The Labute approximate surface area is 124 Å². The van der Waals surface area contributed by atoms with Crippen LogP contribution in [0.3, 0.4) is 0 Å². The summed E-state index contributed by atoms with van der Waals surface area (Å²) in [6, 6.07) is 7.68. The van der Waals surface area contributed by atoms with Gasteiger partial charge in [-0.25, -0.2) is 0 Å². The van der Waals surface area contributed by atoms with Gasteiger partial charge in [0.25, 0.3) is 0 Å². The van der Waals surface area contributed by atoms with Gasteiger partial charge in [0.15, 0.2) is 0 Å². The smallest absolute Gasteiger partial charge is 0.224 e. The topological polar surface area (TPSA) is 49.3 Å². The van der Waals surface area contributed by atoms with Gasteiger partial charge in [0.05, 0.1) is 12.1 Å². The molecule has 0 radical (unpaired) electrons. The molecule has 0 aromatic heterocycles. The number of hydrogen-bond donors (Lipinski definition) is 2. The minimum Gasteiger partial charge on any atom is -0.391 e. The lowest BCUT2D eigenvalue weighted by Gasteiger charge is -2.28. The summed E-state index contributed by atoms with van der Waals surface area (Å²) < 4.78 is 0. The fraction of sp³-hybridized carbons (Fsp3) is 0.562. The Morgan fingerprint density at radius 1 is 1.20 bits per heavy atom. The number of aliphatic hydroxyl groups excluding tert-OH is 1. The second kappa shape index (κ2) is 5.74. The predicted molar refractivity (Wildman–Crippen MR) is 78.7 cm³/mol. The maximum absolute atomic E-state index is 12.2. The van der Waals surface area contributed by atoms with Crippen molar-refractivity contribution in [2.75, 3.05) is 0 Å². The van der Waals surface area contributed by atoms with Crippen molar-refractivity contribution in [3.05, 3.63) is 34.9 Å². The van der Waals surface area contributed by atoms with E-state index < -0.39 is 0 Å². The molecule has 1 amide bonds. The van der Waals surface area contributed by atoms with Gasteiger partial charge in [-0.3, -0.25) is 4.79 Å². The third kappa shape index (κ3) is 2.99. The minimum absolute atomic E-state index is 0.0530. The molecule has 0 saturated heterocycles. The summed E-state index contributed by atoms with van der Waals surface area (Å²) in [7, 11) is 0. The summed E-state index contributed by atoms with van der Waals surface area (Å²) in [5.74, 6) is 0.467. The number of benzene rings is 1. The van der Waals surface area contributed by atoms with Crippen LogP contribution in [0.4, 0.5) is 0 Å². The fourth-order valence-corrected chi connectivity index (χ4v) is 3.26. The Balaban J connectivity index is 1.56. The maximum atomic E-state index is 12.2. The van der Waals surface area contributed by atoms with E-state index in [0.29, 0.717) is 5.92 Å². The molecular formula is C16H20ClNO2. The molecule has 4 unspecified atom stereocenters. The minimum atomic E-state index is -0.375. The molecule has 0 aliphatic heterocycles. The molecule has 2 aliphatic rings. The van der Waals surface area contributed by atoms with Crippen molar-refractivity contribution in [1.82, 2.24) is 5.32 Å². The van der Waals surface area contributed by atoms with Gasteiger partial charge in [-0.2, -0.15) is 0 Å². The van der Waals surface area contributed by atoms with Crippen LogP contribution in [0.15, 0.2) is 24.3 Å². The van der Waals surface area contributed by atoms with E-state index in [1.54, 1.807) is 0 Å². The number of hydrogen-bond acceptors (Lipinski definition) is 2. The zero-order chi connectivity index (χ0) is 14.1. The number of carbonyl (C=O) groups excluding carboxylic acids is 1. The highest BCUT2D eigenvalue weighted by molar-refractivity contribution is 6.30. The lowest BCUT2D eigenvalue weighted by molar-refractivity contribution is -0.124. The Morgan fingerprint density at radius 3 is 2.60 bits per heavy atom. The molecule has 4 atom stereocenters. The number of aliphatic hydroxyl groups is 1. The van der Waals surface area contributed by atoms with Crippen molar-refractivity contribution in [2.24, 2.45) is 5.92 Å². The van der Waals surface area contributed by atoms with E-state index in [4.69, 9.17) is 11.6 Å². The van der Waals surface area contributed by atoms with E-state index in [0.717, 1.165) is 37.1 Å². The van der Waals surface area contributed by atoms with E-state index in [1.807, 2.05) is 24.3 Å². The molecule has 108 valence electrons. The first-order valence-electron chi connectivity index (χ1n) is 7.39. The maximum Gasteiger partial charge on any atom is 0.224 e. The van der Waals surface area contributed by atoms with Gasteiger partial charge in [-0.15, -0.1) is 0 Å². The monoisotopic (exact) mass is 293 g/mol. The van der Waals surface area contributed by atoms with Gasteiger partial charge in [0.1, 0.15) is 0 Å². The number of amides is 1. The van der Waals surface area contributed by atoms with Gasteiger partial charge in [-0.05, 0) is 42.9 Å². The van der Waals surface area contributed by atoms with Gasteiger partial charge in [-0.1, -0.05) is 36.6 Å². The van der Waals surface area contributed by atoms with Crippen LogP contribution in [0.2, 0.25) is 5.02 Å². The molecule has 1 aromatic carbocycles. The zero-order valence-corrected chi connectivity index (χ0v) is 12.1. The molecule has 4 heteroatoms. The third-order valence-corrected chi connectivity index (χ3v) is 4.73. The Morgan fingerprint density at radius 2 is 1.90 bits per heavy atom. The first-order valence-corrected chi connectivity index (χ1v) is 7.77. The van der Waals surface area contributed by atoms with Crippen LogP contribution in [-0.4, -0.2) is 23.2 Å². The Kier molecular flexibility index (Phi) is 3.99. The highest BCUT2D eigenvalue weighted by atomic mass is 35.5. The van der Waals surface area contributed by atoms with Gasteiger partial charge < -0.3 is 10.4 Å². The normalized spacial score (nSPS) is 32.7. The van der Waals surface area contributed by atoms with Gasteiger partial charge in [0, 0.05) is 10.9 Å². The molecule has 3 rings (SSSR count). The standard InChI is InChI=1S/C16H20ClNO2/c17-11-7-5-10(6-8-11)12-9-13(12)16(20)18-14-3-1-2-4-15(14)19/h5-8,12-15,19H,1-4,9H2,(H,18,20).